The number of carbonyl (C=O) groups is 1. The minimum atomic E-state index is 0.557. The van der Waals surface area contributed by atoms with Crippen LogP contribution in [0.15, 0.2) is 107 Å². The standard InChI is InChI=1S/C16H19NOS.C14H12O2S/c1-17(2)12-13-6-4-5-7-16(13)18-14-8-10-15(19-3)11-9-14;1-17-13-8-6-12(7-9-13)16-14-5-3-2-4-11(14)10-15/h4-11H,12H2,1-3H3;2-10H,1H3. The zero-order chi connectivity index (χ0) is 25.8. The molecular formula is C30H31NO3S2. The van der Waals surface area contributed by atoms with Crippen molar-refractivity contribution in [3.63, 3.8) is 0 Å². The third kappa shape index (κ3) is 8.48. The van der Waals surface area contributed by atoms with Crippen LogP contribution in [-0.2, 0) is 6.54 Å². The van der Waals surface area contributed by atoms with E-state index in [1.807, 2.05) is 73.0 Å². The smallest absolute Gasteiger partial charge is 0.153 e. The van der Waals surface area contributed by atoms with Gasteiger partial charge in [0.25, 0.3) is 0 Å². The van der Waals surface area contributed by atoms with Crippen LogP contribution in [0.3, 0.4) is 0 Å². The summed E-state index contributed by atoms with van der Waals surface area (Å²) in [6.07, 6.45) is 4.89. The highest BCUT2D eigenvalue weighted by Gasteiger charge is 2.06. The predicted octanol–water partition coefficient (Wildman–Crippen LogP) is 8.28. The zero-order valence-electron chi connectivity index (χ0n) is 21.0. The first-order valence-corrected chi connectivity index (χ1v) is 13.9. The summed E-state index contributed by atoms with van der Waals surface area (Å²) in [5, 5.41) is 0. The number of hydrogen-bond acceptors (Lipinski definition) is 6. The minimum Gasteiger partial charge on any atom is -0.457 e. The summed E-state index contributed by atoms with van der Waals surface area (Å²) < 4.78 is 11.6. The molecule has 0 aliphatic heterocycles. The predicted molar refractivity (Wildman–Crippen MR) is 152 cm³/mol. The molecule has 0 amide bonds. The molecule has 0 bridgehead atoms. The van der Waals surface area contributed by atoms with E-state index in [2.05, 4.69) is 43.5 Å². The molecule has 0 aliphatic carbocycles. The number of carbonyl (C=O) groups excluding carboxylic acids is 1. The molecule has 0 atom stereocenters. The van der Waals surface area contributed by atoms with Crippen molar-refractivity contribution < 1.29 is 14.3 Å². The van der Waals surface area contributed by atoms with E-state index >= 15 is 0 Å². The molecular weight excluding hydrogens is 486 g/mol. The van der Waals surface area contributed by atoms with Crippen molar-refractivity contribution in [3.05, 3.63) is 108 Å². The molecule has 0 saturated heterocycles. The average molecular weight is 518 g/mol. The van der Waals surface area contributed by atoms with E-state index in [-0.39, 0.29) is 0 Å². The molecule has 4 aromatic rings. The lowest BCUT2D eigenvalue weighted by Gasteiger charge is -2.14. The van der Waals surface area contributed by atoms with Gasteiger partial charge in [0.05, 0.1) is 5.56 Å². The molecule has 186 valence electrons. The average Bonchev–Trinajstić information content (AvgIpc) is 2.91. The number of ether oxygens (including phenoxy) is 2. The Morgan fingerprint density at radius 2 is 1.14 bits per heavy atom. The van der Waals surface area contributed by atoms with E-state index in [1.54, 1.807) is 35.7 Å². The van der Waals surface area contributed by atoms with Gasteiger partial charge in [0.1, 0.15) is 23.0 Å². The van der Waals surface area contributed by atoms with Crippen molar-refractivity contribution in [3.8, 4) is 23.0 Å². The maximum absolute atomic E-state index is 10.8. The molecule has 4 nitrogen and oxygen atoms in total. The van der Waals surface area contributed by atoms with Crippen molar-refractivity contribution in [2.75, 3.05) is 26.6 Å². The van der Waals surface area contributed by atoms with Gasteiger partial charge >= 0.3 is 0 Å². The van der Waals surface area contributed by atoms with Crippen LogP contribution in [0.2, 0.25) is 0 Å². The van der Waals surface area contributed by atoms with Crippen LogP contribution in [0.25, 0.3) is 0 Å². The highest BCUT2D eigenvalue weighted by Crippen LogP contribution is 2.28. The first kappa shape index (κ1) is 27.4. The second kappa shape index (κ2) is 14.4. The molecule has 0 N–H and O–H groups in total. The molecule has 0 fully saturated rings. The number of nitrogens with zero attached hydrogens (tertiary/aromatic N) is 1. The Bertz CT molecular complexity index is 1230. The van der Waals surface area contributed by atoms with Gasteiger partial charge < -0.3 is 14.4 Å². The van der Waals surface area contributed by atoms with E-state index in [0.717, 1.165) is 30.1 Å². The second-order valence-corrected chi connectivity index (χ2v) is 9.82. The number of aldehydes is 1. The molecule has 0 radical (unpaired) electrons. The van der Waals surface area contributed by atoms with Crippen LogP contribution >= 0.6 is 23.5 Å². The topological polar surface area (TPSA) is 38.8 Å². The fourth-order valence-corrected chi connectivity index (χ4v) is 4.10. The van der Waals surface area contributed by atoms with Crippen LogP contribution in [0.4, 0.5) is 0 Å². The van der Waals surface area contributed by atoms with Crippen molar-refractivity contribution in [1.29, 1.82) is 0 Å². The summed E-state index contributed by atoms with van der Waals surface area (Å²) in [6.45, 7) is 0.874. The molecule has 0 heterocycles. The Kier molecular flexibility index (Phi) is 11.0. The number of benzene rings is 4. The normalized spacial score (nSPS) is 10.4. The zero-order valence-corrected chi connectivity index (χ0v) is 22.6. The Balaban J connectivity index is 0.000000202. The number of para-hydroxylation sites is 2. The van der Waals surface area contributed by atoms with E-state index < -0.39 is 0 Å². The van der Waals surface area contributed by atoms with Crippen LogP contribution < -0.4 is 9.47 Å². The molecule has 4 rings (SSSR count). The van der Waals surface area contributed by atoms with Gasteiger partial charge in [-0.15, -0.1) is 23.5 Å². The fraction of sp³-hybridized carbons (Fsp3) is 0.167. The highest BCUT2D eigenvalue weighted by atomic mass is 32.2. The van der Waals surface area contributed by atoms with E-state index in [9.17, 15) is 4.79 Å². The Labute approximate surface area is 222 Å². The first-order valence-electron chi connectivity index (χ1n) is 11.4. The van der Waals surface area contributed by atoms with Gasteiger partial charge in [-0.1, -0.05) is 30.3 Å². The number of hydrogen-bond donors (Lipinski definition) is 0. The molecule has 0 saturated carbocycles. The van der Waals surface area contributed by atoms with E-state index in [4.69, 9.17) is 9.47 Å². The molecule has 0 aromatic heterocycles. The molecule has 6 heteroatoms. The van der Waals surface area contributed by atoms with Crippen molar-refractivity contribution in [1.82, 2.24) is 4.90 Å². The molecule has 0 unspecified atom stereocenters. The summed E-state index contributed by atoms with van der Waals surface area (Å²) in [4.78, 5) is 15.4. The summed E-state index contributed by atoms with van der Waals surface area (Å²) in [6, 6.07) is 31.3. The lowest BCUT2D eigenvalue weighted by Crippen LogP contribution is -2.11. The molecule has 36 heavy (non-hydrogen) atoms. The van der Waals surface area contributed by atoms with E-state index in [0.29, 0.717) is 11.3 Å². The monoisotopic (exact) mass is 517 g/mol. The third-order valence-electron chi connectivity index (χ3n) is 5.08. The number of rotatable bonds is 9. The largest absolute Gasteiger partial charge is 0.457 e. The second-order valence-electron chi connectivity index (χ2n) is 8.06. The van der Waals surface area contributed by atoms with Crippen LogP contribution in [0.5, 0.6) is 23.0 Å². The van der Waals surface area contributed by atoms with Gasteiger partial charge in [-0.05, 0) is 93.3 Å². The van der Waals surface area contributed by atoms with Gasteiger partial charge in [0.2, 0.25) is 0 Å². The van der Waals surface area contributed by atoms with Crippen molar-refractivity contribution >= 4 is 29.8 Å². The van der Waals surface area contributed by atoms with Crippen LogP contribution in [0.1, 0.15) is 15.9 Å². The van der Waals surface area contributed by atoms with Crippen LogP contribution in [0, 0.1) is 0 Å². The number of thioether (sulfide) groups is 2. The van der Waals surface area contributed by atoms with Gasteiger partial charge in [-0.3, -0.25) is 4.79 Å². The van der Waals surface area contributed by atoms with Gasteiger partial charge in [-0.2, -0.15) is 0 Å². The van der Waals surface area contributed by atoms with Crippen LogP contribution in [-0.4, -0.2) is 37.8 Å². The Morgan fingerprint density at radius 3 is 1.64 bits per heavy atom. The van der Waals surface area contributed by atoms with E-state index in [1.165, 1.54) is 15.4 Å². The summed E-state index contributed by atoms with van der Waals surface area (Å²) in [5.74, 6) is 3.12. The lowest BCUT2D eigenvalue weighted by atomic mass is 10.2. The maximum atomic E-state index is 10.8. The molecule has 4 aromatic carbocycles. The first-order chi connectivity index (χ1) is 17.5. The third-order valence-corrected chi connectivity index (χ3v) is 6.57. The van der Waals surface area contributed by atoms with Crippen molar-refractivity contribution in [2.45, 2.75) is 16.3 Å². The highest BCUT2D eigenvalue weighted by molar-refractivity contribution is 7.98. The fourth-order valence-electron chi connectivity index (χ4n) is 3.29. The molecule has 0 aliphatic rings. The summed E-state index contributed by atoms with van der Waals surface area (Å²) in [7, 11) is 4.12. The molecule has 0 spiro atoms. The van der Waals surface area contributed by atoms with Gasteiger partial charge in [-0.25, -0.2) is 0 Å². The summed E-state index contributed by atoms with van der Waals surface area (Å²) >= 11 is 3.41. The van der Waals surface area contributed by atoms with Gasteiger partial charge in [0.15, 0.2) is 6.29 Å². The maximum Gasteiger partial charge on any atom is 0.153 e. The minimum absolute atomic E-state index is 0.557. The Morgan fingerprint density at radius 1 is 0.667 bits per heavy atom. The van der Waals surface area contributed by atoms with Gasteiger partial charge in [0, 0.05) is 21.9 Å². The quantitative estimate of drug-likeness (QED) is 0.164. The summed E-state index contributed by atoms with van der Waals surface area (Å²) in [5.41, 5.74) is 1.75. The SMILES string of the molecule is CSc1ccc(Oc2ccccc2C=O)cc1.CSc1ccc(Oc2ccccc2CN(C)C)cc1. The van der Waals surface area contributed by atoms with Crippen molar-refractivity contribution in [2.24, 2.45) is 0 Å². The lowest BCUT2D eigenvalue weighted by molar-refractivity contribution is 0.112. The Hall–Kier alpha value is -3.19.